The number of nitriles is 1. The molecule has 0 amide bonds. The van der Waals surface area contributed by atoms with Crippen molar-refractivity contribution in [3.63, 3.8) is 0 Å². The molecule has 0 saturated heterocycles. The number of hydrogen-bond acceptors (Lipinski definition) is 8. The van der Waals surface area contributed by atoms with Crippen LogP contribution in [0.5, 0.6) is 0 Å². The van der Waals surface area contributed by atoms with Gasteiger partial charge in [-0.1, -0.05) is 0 Å². The Morgan fingerprint density at radius 2 is 1.90 bits per heavy atom. The van der Waals surface area contributed by atoms with Gasteiger partial charge in [-0.25, -0.2) is 4.98 Å². The van der Waals surface area contributed by atoms with Gasteiger partial charge in [0.05, 0.1) is 15.5 Å². The zero-order valence-electron chi connectivity index (χ0n) is 14.4. The van der Waals surface area contributed by atoms with E-state index in [-0.39, 0.29) is 16.9 Å². The lowest BCUT2D eigenvalue weighted by molar-refractivity contribution is -0.387. The van der Waals surface area contributed by atoms with Crippen molar-refractivity contribution in [1.82, 2.24) is 4.98 Å². The molecule has 0 saturated carbocycles. The standard InChI is InChI=1S/C18H10FN5O4S/c19-15-6-3-13(7-17(15)24(27)28)21-9-12(8-20)18-22-16(10-29-18)11-1-4-14(5-2-11)23(25)26/h1-7,9-10,21H/b12-9+. The van der Waals surface area contributed by atoms with Crippen LogP contribution in [0.2, 0.25) is 0 Å². The molecule has 1 heterocycles. The molecule has 0 spiro atoms. The van der Waals surface area contributed by atoms with Crippen molar-refractivity contribution in [3.8, 4) is 17.3 Å². The molecule has 9 nitrogen and oxygen atoms in total. The normalized spacial score (nSPS) is 11.0. The molecule has 144 valence electrons. The van der Waals surface area contributed by atoms with Gasteiger partial charge < -0.3 is 5.32 Å². The predicted octanol–water partition coefficient (Wildman–Crippen LogP) is 4.74. The number of anilines is 1. The molecule has 0 aliphatic rings. The lowest BCUT2D eigenvalue weighted by atomic mass is 10.1. The van der Waals surface area contributed by atoms with Gasteiger partial charge in [0.1, 0.15) is 16.6 Å². The molecule has 3 rings (SSSR count). The third-order valence-electron chi connectivity index (χ3n) is 3.75. The van der Waals surface area contributed by atoms with Crippen LogP contribution < -0.4 is 5.32 Å². The van der Waals surface area contributed by atoms with E-state index in [0.717, 1.165) is 12.1 Å². The summed E-state index contributed by atoms with van der Waals surface area (Å²) in [5, 5.41) is 35.7. The van der Waals surface area contributed by atoms with E-state index in [9.17, 15) is 29.9 Å². The van der Waals surface area contributed by atoms with Crippen LogP contribution in [-0.2, 0) is 0 Å². The number of allylic oxidation sites excluding steroid dienone is 1. The number of rotatable bonds is 6. The van der Waals surface area contributed by atoms with E-state index in [1.54, 1.807) is 17.5 Å². The lowest BCUT2D eigenvalue weighted by Crippen LogP contribution is -1.96. The van der Waals surface area contributed by atoms with Gasteiger partial charge in [0, 0.05) is 41.0 Å². The zero-order chi connectivity index (χ0) is 21.0. The number of nitrogens with one attached hydrogen (secondary N) is 1. The Morgan fingerprint density at radius 1 is 1.17 bits per heavy atom. The second-order valence-electron chi connectivity index (χ2n) is 5.58. The Balaban J connectivity index is 1.82. The SMILES string of the molecule is N#C/C(=C\Nc1ccc(F)c([N+](=O)[O-])c1)c1nc(-c2ccc([N+](=O)[O-])cc2)cs1. The fraction of sp³-hybridized carbons (Fsp3) is 0. The quantitative estimate of drug-likeness (QED) is 0.351. The number of benzene rings is 2. The molecule has 0 radical (unpaired) electrons. The Hall–Kier alpha value is -4.17. The average molecular weight is 411 g/mol. The molecular weight excluding hydrogens is 401 g/mol. The first kappa shape index (κ1) is 19.6. The van der Waals surface area contributed by atoms with Crippen molar-refractivity contribution < 1.29 is 14.2 Å². The smallest absolute Gasteiger partial charge is 0.306 e. The minimum atomic E-state index is -0.960. The monoisotopic (exact) mass is 411 g/mol. The van der Waals surface area contributed by atoms with Crippen LogP contribution in [0.4, 0.5) is 21.5 Å². The van der Waals surface area contributed by atoms with Crippen LogP contribution in [0.1, 0.15) is 5.01 Å². The number of nitro benzene ring substituents is 2. The van der Waals surface area contributed by atoms with Crippen molar-refractivity contribution in [1.29, 1.82) is 5.26 Å². The maximum atomic E-state index is 13.4. The largest absolute Gasteiger partial charge is 0.360 e. The van der Waals surface area contributed by atoms with Crippen molar-refractivity contribution in [3.05, 3.63) is 85.1 Å². The number of nitro groups is 2. The van der Waals surface area contributed by atoms with E-state index in [0.29, 0.717) is 16.3 Å². The minimum Gasteiger partial charge on any atom is -0.360 e. The van der Waals surface area contributed by atoms with E-state index in [4.69, 9.17) is 0 Å². The number of thiazole rings is 1. The summed E-state index contributed by atoms with van der Waals surface area (Å²) >= 11 is 1.19. The van der Waals surface area contributed by atoms with Gasteiger partial charge in [-0.15, -0.1) is 11.3 Å². The van der Waals surface area contributed by atoms with E-state index in [1.165, 1.54) is 35.7 Å². The van der Waals surface area contributed by atoms with Gasteiger partial charge in [0.2, 0.25) is 5.82 Å². The summed E-state index contributed by atoms with van der Waals surface area (Å²) in [5.74, 6) is -0.960. The van der Waals surface area contributed by atoms with Crippen molar-refractivity contribution in [2.24, 2.45) is 0 Å². The number of hydrogen-bond donors (Lipinski definition) is 1. The molecule has 0 unspecified atom stereocenters. The number of non-ortho nitro benzene ring substituents is 1. The van der Waals surface area contributed by atoms with Gasteiger partial charge in [-0.3, -0.25) is 20.2 Å². The first-order chi connectivity index (χ1) is 13.9. The van der Waals surface area contributed by atoms with Crippen LogP contribution >= 0.6 is 11.3 Å². The molecule has 0 aliphatic heterocycles. The van der Waals surface area contributed by atoms with Crippen LogP contribution in [0.3, 0.4) is 0 Å². The second kappa shape index (κ2) is 8.24. The highest BCUT2D eigenvalue weighted by Crippen LogP contribution is 2.28. The maximum absolute atomic E-state index is 13.4. The highest BCUT2D eigenvalue weighted by atomic mass is 32.1. The minimum absolute atomic E-state index is 0.0422. The van der Waals surface area contributed by atoms with Crippen LogP contribution in [0.15, 0.2) is 54.0 Å². The van der Waals surface area contributed by atoms with Crippen molar-refractivity contribution in [2.75, 3.05) is 5.32 Å². The van der Waals surface area contributed by atoms with Crippen LogP contribution in [0.25, 0.3) is 16.8 Å². The predicted molar refractivity (Wildman–Crippen MR) is 104 cm³/mol. The van der Waals surface area contributed by atoms with Gasteiger partial charge in [-0.05, 0) is 24.3 Å². The summed E-state index contributed by atoms with van der Waals surface area (Å²) in [6.07, 6.45) is 1.31. The molecule has 0 aliphatic carbocycles. The summed E-state index contributed by atoms with van der Waals surface area (Å²) in [6.45, 7) is 0. The summed E-state index contributed by atoms with van der Waals surface area (Å²) in [7, 11) is 0. The Bertz CT molecular complexity index is 1170. The molecule has 11 heteroatoms. The van der Waals surface area contributed by atoms with Gasteiger partial charge >= 0.3 is 5.69 Å². The molecule has 0 atom stereocenters. The van der Waals surface area contributed by atoms with Crippen LogP contribution in [0, 0.1) is 37.4 Å². The lowest BCUT2D eigenvalue weighted by Gasteiger charge is -2.02. The molecule has 2 aromatic carbocycles. The molecule has 1 aromatic heterocycles. The molecule has 1 N–H and O–H groups in total. The van der Waals surface area contributed by atoms with Gasteiger partial charge in [0.15, 0.2) is 0 Å². The highest BCUT2D eigenvalue weighted by molar-refractivity contribution is 7.11. The molecule has 29 heavy (non-hydrogen) atoms. The average Bonchev–Trinajstić information content (AvgIpc) is 3.19. The molecule has 0 fully saturated rings. The summed E-state index contributed by atoms with van der Waals surface area (Å²) in [6, 6.07) is 11.1. The van der Waals surface area contributed by atoms with Crippen molar-refractivity contribution >= 4 is 34.0 Å². The Labute approximate surface area is 166 Å². The maximum Gasteiger partial charge on any atom is 0.306 e. The third-order valence-corrected chi connectivity index (χ3v) is 4.63. The first-order valence-corrected chi connectivity index (χ1v) is 8.78. The second-order valence-corrected chi connectivity index (χ2v) is 6.44. The number of halogens is 1. The van der Waals surface area contributed by atoms with E-state index in [1.807, 2.05) is 6.07 Å². The molecular formula is C18H10FN5O4S. The van der Waals surface area contributed by atoms with Gasteiger partial charge in [0.25, 0.3) is 5.69 Å². The summed E-state index contributed by atoms with van der Waals surface area (Å²) < 4.78 is 13.4. The number of nitrogens with zero attached hydrogens (tertiary/aromatic N) is 4. The number of aromatic nitrogens is 1. The molecule has 3 aromatic rings. The van der Waals surface area contributed by atoms with E-state index >= 15 is 0 Å². The van der Waals surface area contributed by atoms with Crippen molar-refractivity contribution in [2.45, 2.75) is 0 Å². The Kier molecular flexibility index (Phi) is 5.56. The fourth-order valence-electron chi connectivity index (χ4n) is 2.32. The third kappa shape index (κ3) is 4.40. The Morgan fingerprint density at radius 3 is 2.52 bits per heavy atom. The fourth-order valence-corrected chi connectivity index (χ4v) is 3.12. The first-order valence-electron chi connectivity index (χ1n) is 7.90. The van der Waals surface area contributed by atoms with E-state index < -0.39 is 21.4 Å². The van der Waals surface area contributed by atoms with Gasteiger partial charge in [-0.2, -0.15) is 9.65 Å². The molecule has 0 bridgehead atoms. The van der Waals surface area contributed by atoms with Crippen LogP contribution in [-0.4, -0.2) is 14.8 Å². The zero-order valence-corrected chi connectivity index (χ0v) is 15.2. The van der Waals surface area contributed by atoms with E-state index in [2.05, 4.69) is 10.3 Å². The summed E-state index contributed by atoms with van der Waals surface area (Å²) in [5.41, 5.74) is 0.861. The topological polar surface area (TPSA) is 135 Å². The summed E-state index contributed by atoms with van der Waals surface area (Å²) in [4.78, 5) is 24.5. The highest BCUT2D eigenvalue weighted by Gasteiger charge is 2.15.